The smallest absolute Gasteiger partial charge is 0.345 e. The Hall–Kier alpha value is -5.95. The van der Waals surface area contributed by atoms with Crippen LogP contribution in [0.25, 0.3) is 61.6 Å². The lowest BCUT2D eigenvalue weighted by atomic mass is 9.98. The summed E-state index contributed by atoms with van der Waals surface area (Å²) in [6.07, 6.45) is 2.02. The fraction of sp³-hybridized carbons (Fsp3) is 0.0541. The van der Waals surface area contributed by atoms with Crippen molar-refractivity contribution in [1.29, 1.82) is 0 Å². The molecular formula is C37H27N3O4. The number of benzene rings is 4. The number of ether oxygens (including phenoxy) is 2. The van der Waals surface area contributed by atoms with Crippen LogP contribution in [0.15, 0.2) is 137 Å². The maximum Gasteiger partial charge on any atom is 0.345 e. The number of hydrogen-bond donors (Lipinski definition) is 0. The Morgan fingerprint density at radius 1 is 0.659 bits per heavy atom. The van der Waals surface area contributed by atoms with Gasteiger partial charge in [0.2, 0.25) is 0 Å². The van der Waals surface area contributed by atoms with Crippen LogP contribution in [0.4, 0.5) is 0 Å². The van der Waals surface area contributed by atoms with Gasteiger partial charge in [-0.3, -0.25) is 0 Å². The molecule has 0 bridgehead atoms. The zero-order valence-corrected chi connectivity index (χ0v) is 24.1. The minimum absolute atomic E-state index is 0.346. The van der Waals surface area contributed by atoms with E-state index in [1.165, 1.54) is 0 Å². The van der Waals surface area contributed by atoms with Crippen molar-refractivity contribution in [3.63, 3.8) is 0 Å². The highest BCUT2D eigenvalue weighted by molar-refractivity contribution is 5.88. The molecular weight excluding hydrogens is 550 g/mol. The van der Waals surface area contributed by atoms with Gasteiger partial charge in [-0.25, -0.2) is 14.5 Å². The van der Waals surface area contributed by atoms with Crippen LogP contribution in [0.1, 0.15) is 0 Å². The van der Waals surface area contributed by atoms with Crippen LogP contribution in [0.2, 0.25) is 0 Å². The fourth-order valence-corrected chi connectivity index (χ4v) is 5.30. The molecule has 3 aromatic heterocycles. The number of rotatable bonds is 7. The first-order valence-electron chi connectivity index (χ1n) is 14.1. The van der Waals surface area contributed by atoms with Gasteiger partial charge in [0.05, 0.1) is 36.9 Å². The number of methoxy groups -OCH3 is 2. The van der Waals surface area contributed by atoms with Crippen LogP contribution >= 0.6 is 0 Å². The number of pyridine rings is 1. The zero-order chi connectivity index (χ0) is 30.0. The van der Waals surface area contributed by atoms with Gasteiger partial charge < -0.3 is 13.9 Å². The second-order valence-electron chi connectivity index (χ2n) is 10.2. The zero-order valence-electron chi connectivity index (χ0n) is 24.1. The van der Waals surface area contributed by atoms with E-state index in [9.17, 15) is 4.79 Å². The van der Waals surface area contributed by atoms with Gasteiger partial charge >= 0.3 is 5.63 Å². The topological polar surface area (TPSA) is 79.4 Å². The highest BCUT2D eigenvalue weighted by Crippen LogP contribution is 2.37. The SMILES string of the molecule is COc1ccc(-c2cc(-c3cn(-c4ccccc4)nc3-c3ccccc3)cc(-c3cc4cccc(OC)c4oc3=O)n2)cc1. The monoisotopic (exact) mass is 577 g/mol. The lowest BCUT2D eigenvalue weighted by Crippen LogP contribution is -2.05. The minimum Gasteiger partial charge on any atom is -0.497 e. The largest absolute Gasteiger partial charge is 0.497 e. The number of nitrogens with zero attached hydrogens (tertiary/aromatic N) is 3. The highest BCUT2D eigenvalue weighted by Gasteiger charge is 2.19. The summed E-state index contributed by atoms with van der Waals surface area (Å²) in [7, 11) is 3.18. The third kappa shape index (κ3) is 5.01. The molecule has 0 unspecified atom stereocenters. The molecule has 0 aliphatic carbocycles. The van der Waals surface area contributed by atoms with Gasteiger partial charge in [-0.1, -0.05) is 60.7 Å². The van der Waals surface area contributed by atoms with Crippen LogP contribution < -0.4 is 15.1 Å². The fourth-order valence-electron chi connectivity index (χ4n) is 5.30. The highest BCUT2D eigenvalue weighted by atomic mass is 16.5. The van der Waals surface area contributed by atoms with Crippen molar-refractivity contribution in [1.82, 2.24) is 14.8 Å². The molecule has 4 aromatic carbocycles. The van der Waals surface area contributed by atoms with Crippen LogP contribution in [0.3, 0.4) is 0 Å². The second kappa shape index (κ2) is 11.4. The molecule has 7 heteroatoms. The Kier molecular flexibility index (Phi) is 6.96. The van der Waals surface area contributed by atoms with Crippen LogP contribution in [-0.2, 0) is 0 Å². The molecule has 7 aromatic rings. The summed E-state index contributed by atoms with van der Waals surface area (Å²) < 4.78 is 18.5. The van der Waals surface area contributed by atoms with E-state index in [2.05, 4.69) is 0 Å². The number of aromatic nitrogens is 3. The van der Waals surface area contributed by atoms with Gasteiger partial charge in [-0.05, 0) is 66.2 Å². The Morgan fingerprint density at radius 3 is 2.11 bits per heavy atom. The Balaban J connectivity index is 1.48. The summed E-state index contributed by atoms with van der Waals surface area (Å²) in [6.45, 7) is 0. The molecule has 0 N–H and O–H groups in total. The minimum atomic E-state index is -0.504. The summed E-state index contributed by atoms with van der Waals surface area (Å²) in [6, 6.07) is 39.0. The summed E-state index contributed by atoms with van der Waals surface area (Å²) >= 11 is 0. The van der Waals surface area contributed by atoms with E-state index in [0.717, 1.165) is 44.8 Å². The molecule has 0 saturated heterocycles. The van der Waals surface area contributed by atoms with Crippen LogP contribution in [0.5, 0.6) is 11.5 Å². The average molecular weight is 578 g/mol. The maximum atomic E-state index is 13.5. The van der Waals surface area contributed by atoms with Crippen molar-refractivity contribution in [2.24, 2.45) is 0 Å². The molecule has 7 nitrogen and oxygen atoms in total. The standard InChI is InChI=1S/C37H27N3O4/c1-42-29-18-16-24(17-19-29)32-21-27(22-33(38-32)30-20-26-12-9-15-34(43-2)36(26)44-37(30)41)31-23-40(28-13-7-4-8-14-28)39-35(31)25-10-5-3-6-11-25/h3-23H,1-2H3. The predicted molar refractivity (Wildman–Crippen MR) is 172 cm³/mol. The van der Waals surface area contributed by atoms with Crippen LogP contribution in [0, 0.1) is 0 Å². The number of fused-ring (bicyclic) bond motifs is 1. The van der Waals surface area contributed by atoms with E-state index in [1.807, 2.05) is 120 Å². The lowest BCUT2D eigenvalue weighted by Gasteiger charge is -2.11. The molecule has 0 amide bonds. The average Bonchev–Trinajstić information content (AvgIpc) is 3.54. The van der Waals surface area contributed by atoms with E-state index >= 15 is 0 Å². The Bertz CT molecular complexity index is 2150. The quantitative estimate of drug-likeness (QED) is 0.178. The lowest BCUT2D eigenvalue weighted by molar-refractivity contribution is 0.407. The third-order valence-corrected chi connectivity index (χ3v) is 7.52. The van der Waals surface area contributed by atoms with Crippen molar-refractivity contribution in [2.45, 2.75) is 0 Å². The molecule has 214 valence electrons. The molecule has 44 heavy (non-hydrogen) atoms. The van der Waals surface area contributed by atoms with Gasteiger partial charge in [0.1, 0.15) is 11.4 Å². The van der Waals surface area contributed by atoms with E-state index in [-0.39, 0.29) is 0 Å². The van der Waals surface area contributed by atoms with Gasteiger partial charge in [0.25, 0.3) is 0 Å². The number of para-hydroxylation sites is 2. The first kappa shape index (κ1) is 26.9. The van der Waals surface area contributed by atoms with Gasteiger partial charge in [-0.2, -0.15) is 5.10 Å². The van der Waals surface area contributed by atoms with Gasteiger partial charge in [0, 0.05) is 28.3 Å². The van der Waals surface area contributed by atoms with Crippen molar-refractivity contribution >= 4 is 11.0 Å². The first-order valence-corrected chi connectivity index (χ1v) is 14.1. The van der Waals surface area contributed by atoms with Gasteiger partial charge in [0.15, 0.2) is 11.3 Å². The predicted octanol–water partition coefficient (Wildman–Crippen LogP) is 8.06. The normalized spacial score (nSPS) is 11.0. The first-order chi connectivity index (χ1) is 21.6. The molecule has 3 heterocycles. The summed E-state index contributed by atoms with van der Waals surface area (Å²) in [5, 5.41) is 5.75. The molecule has 0 spiro atoms. The molecule has 0 aliphatic heterocycles. The van der Waals surface area contributed by atoms with E-state index in [4.69, 9.17) is 24.0 Å². The summed E-state index contributed by atoms with van der Waals surface area (Å²) in [5.74, 6) is 1.23. The number of hydrogen-bond acceptors (Lipinski definition) is 6. The summed E-state index contributed by atoms with van der Waals surface area (Å²) in [4.78, 5) is 18.4. The van der Waals surface area contributed by atoms with Crippen molar-refractivity contribution in [3.05, 3.63) is 138 Å². The molecule has 0 aliphatic rings. The molecule has 0 fully saturated rings. The van der Waals surface area contributed by atoms with Gasteiger partial charge in [-0.15, -0.1) is 0 Å². The molecule has 7 rings (SSSR count). The second-order valence-corrected chi connectivity index (χ2v) is 10.2. The van der Waals surface area contributed by atoms with Crippen molar-refractivity contribution in [2.75, 3.05) is 14.2 Å². The Morgan fingerprint density at radius 2 is 1.39 bits per heavy atom. The third-order valence-electron chi connectivity index (χ3n) is 7.52. The molecule has 0 radical (unpaired) electrons. The maximum absolute atomic E-state index is 13.5. The van der Waals surface area contributed by atoms with Crippen molar-refractivity contribution < 1.29 is 13.9 Å². The Labute approximate surface area is 253 Å². The van der Waals surface area contributed by atoms with E-state index < -0.39 is 5.63 Å². The van der Waals surface area contributed by atoms with Crippen molar-refractivity contribution in [3.8, 4) is 62.1 Å². The molecule has 0 atom stereocenters. The molecule has 0 saturated carbocycles. The van der Waals surface area contributed by atoms with Crippen LogP contribution in [-0.4, -0.2) is 29.0 Å². The van der Waals surface area contributed by atoms with E-state index in [0.29, 0.717) is 28.3 Å². The van der Waals surface area contributed by atoms with E-state index in [1.54, 1.807) is 26.4 Å². The summed E-state index contributed by atoms with van der Waals surface area (Å²) in [5.41, 5.74) is 6.75.